The first-order chi connectivity index (χ1) is 36.7. The van der Waals surface area contributed by atoms with Gasteiger partial charge < -0.3 is 34.0 Å². The number of aromatic nitrogens is 8. The highest BCUT2D eigenvalue weighted by Gasteiger charge is 2.47. The van der Waals surface area contributed by atoms with Gasteiger partial charge in [0.15, 0.2) is 18.0 Å². The maximum absolute atomic E-state index is 14.6. The van der Waals surface area contributed by atoms with Crippen molar-refractivity contribution in [3.05, 3.63) is 121 Å². The van der Waals surface area contributed by atoms with Crippen LogP contribution in [0.2, 0.25) is 10.0 Å². The SMILES string of the molecule is COc1ncc(-c2nc3c(n2CCCn2cc(C(=O)NCCCCCCNC(=O)COc4cccc5c4C(=O)N(C4CCC(=O)NC4=O)C5=O)nn2)C(c2ccc(Cl)cc2)N(c2cc(Cl)cn(C)c2=O)C3=O)c(OC)n1. The van der Waals surface area contributed by atoms with Crippen LogP contribution in [0, 0.1) is 0 Å². The van der Waals surface area contributed by atoms with Gasteiger partial charge in [0.25, 0.3) is 35.1 Å². The number of carbonyl (C=O) groups excluding carboxylic acids is 7. The van der Waals surface area contributed by atoms with E-state index in [1.165, 1.54) is 71.2 Å². The lowest BCUT2D eigenvalue weighted by atomic mass is 10.0. The second-order valence-corrected chi connectivity index (χ2v) is 18.7. The van der Waals surface area contributed by atoms with Crippen LogP contribution in [0.4, 0.5) is 5.69 Å². The van der Waals surface area contributed by atoms with E-state index >= 15 is 0 Å². The van der Waals surface area contributed by atoms with Crippen molar-refractivity contribution in [2.45, 2.75) is 70.1 Å². The number of unbranched alkanes of at least 4 members (excludes halogenated alkanes) is 3. The molecule has 9 rings (SSSR count). The summed E-state index contributed by atoms with van der Waals surface area (Å²) >= 11 is 12.8. The van der Waals surface area contributed by atoms with Gasteiger partial charge in [-0.05, 0) is 61.6 Å². The van der Waals surface area contributed by atoms with E-state index in [0.717, 1.165) is 17.7 Å². The number of anilines is 1. The molecule has 3 aliphatic rings. The lowest BCUT2D eigenvalue weighted by molar-refractivity contribution is -0.136. The number of amides is 7. The van der Waals surface area contributed by atoms with Crippen LogP contribution in [0.15, 0.2) is 71.9 Å². The predicted octanol–water partition coefficient (Wildman–Crippen LogP) is 3.68. The molecule has 3 aliphatic heterocycles. The lowest BCUT2D eigenvalue weighted by Crippen LogP contribution is -2.54. The van der Waals surface area contributed by atoms with Crippen LogP contribution in [0.3, 0.4) is 0 Å². The van der Waals surface area contributed by atoms with Crippen molar-refractivity contribution in [1.29, 1.82) is 0 Å². The third kappa shape index (κ3) is 10.6. The fraction of sp³-hybridized carbons (Fsp3) is 0.340. The van der Waals surface area contributed by atoms with Crippen molar-refractivity contribution < 1.29 is 47.8 Å². The van der Waals surface area contributed by atoms with Crippen LogP contribution in [0.25, 0.3) is 11.4 Å². The van der Waals surface area contributed by atoms with E-state index in [2.05, 4.69) is 36.2 Å². The standard InChI is InChI=1S/C50H49Cl2N13O11/c1-61-24-29(52)22-34(47(61)71)64-40(27-12-14-28(51)15-13-27)41-39(49(64)73)57-42(31-23-55-50(75-3)58-45(31)74-2)63(41)21-9-20-62-25-32(59-60-62)43(68)54-19-7-5-4-6-18-53-37(67)26-76-35-11-8-10-30-38(35)48(72)65(46(30)70)33-16-17-36(66)56-44(33)69/h8,10-15,22-25,33,40H,4-7,9,16-21,26H2,1-3H3,(H,53,67)(H,54,68)(H,56,66,69). The third-order valence-electron chi connectivity index (χ3n) is 12.9. The number of imidazole rings is 1. The van der Waals surface area contributed by atoms with E-state index < -0.39 is 65.6 Å². The van der Waals surface area contributed by atoms with Crippen LogP contribution in [0.1, 0.15) is 104 Å². The summed E-state index contributed by atoms with van der Waals surface area (Å²) in [4.78, 5) is 120. The van der Waals surface area contributed by atoms with Gasteiger partial charge in [-0.1, -0.05) is 59.5 Å². The minimum absolute atomic E-state index is 0.0117. The zero-order valence-electron chi connectivity index (χ0n) is 41.2. The molecule has 24 nitrogen and oxygen atoms in total. The molecule has 7 heterocycles. The number of hydrogen-bond acceptors (Lipinski definition) is 16. The number of benzene rings is 2. The number of ether oxygens (including phenoxy) is 3. The number of rotatable bonds is 21. The molecule has 4 aromatic heterocycles. The van der Waals surface area contributed by atoms with E-state index in [9.17, 15) is 38.4 Å². The second kappa shape index (κ2) is 22.5. The van der Waals surface area contributed by atoms with Gasteiger partial charge in [0, 0.05) is 57.1 Å². The van der Waals surface area contributed by atoms with Crippen molar-refractivity contribution in [3.8, 4) is 29.0 Å². The summed E-state index contributed by atoms with van der Waals surface area (Å²) in [5, 5.41) is 16.8. The smallest absolute Gasteiger partial charge is 0.319 e. The van der Waals surface area contributed by atoms with Crippen LogP contribution in [0.5, 0.6) is 17.6 Å². The number of nitrogens with one attached hydrogen (secondary N) is 3. The average Bonchev–Trinajstić information content (AvgIpc) is 4.21. The van der Waals surface area contributed by atoms with E-state index in [4.69, 9.17) is 42.4 Å². The molecule has 3 N–H and O–H groups in total. The van der Waals surface area contributed by atoms with Crippen LogP contribution in [-0.4, -0.2) is 125 Å². The Labute approximate surface area is 442 Å². The molecule has 2 aromatic carbocycles. The molecule has 0 spiro atoms. The maximum atomic E-state index is 14.6. The summed E-state index contributed by atoms with van der Waals surface area (Å²) in [6.45, 7) is 0.848. The van der Waals surface area contributed by atoms with Gasteiger partial charge in [-0.25, -0.2) is 9.97 Å². The number of halogens is 2. The molecule has 0 saturated carbocycles. The number of hydrogen-bond donors (Lipinski definition) is 3. The number of nitrogens with zero attached hydrogens (tertiary/aromatic N) is 10. The molecular formula is C50H49Cl2N13O11. The van der Waals surface area contributed by atoms with E-state index in [1.54, 1.807) is 31.3 Å². The molecular weight excluding hydrogens is 1030 g/mol. The summed E-state index contributed by atoms with van der Waals surface area (Å²) in [5.41, 5.74) is 1.29. The molecule has 394 valence electrons. The Balaban J connectivity index is 0.776. The predicted molar refractivity (Wildman–Crippen MR) is 270 cm³/mol. The van der Waals surface area contributed by atoms with Crippen molar-refractivity contribution in [1.82, 2.24) is 59.9 Å². The van der Waals surface area contributed by atoms with Crippen LogP contribution in [-0.2, 0) is 34.5 Å². The average molecular weight is 1080 g/mol. The number of pyridine rings is 1. The van der Waals surface area contributed by atoms with Crippen LogP contribution < -0.4 is 40.6 Å². The number of fused-ring (bicyclic) bond motifs is 2. The number of methoxy groups -OCH3 is 2. The Hall–Kier alpha value is -8.51. The summed E-state index contributed by atoms with van der Waals surface area (Å²) in [6, 6.07) is 10.9. The molecule has 76 heavy (non-hydrogen) atoms. The first-order valence-corrected chi connectivity index (χ1v) is 24.9. The Bertz CT molecular complexity index is 3360. The van der Waals surface area contributed by atoms with Crippen molar-refractivity contribution in [2.75, 3.05) is 38.8 Å². The summed E-state index contributed by atoms with van der Waals surface area (Å²) in [7, 11) is 4.41. The van der Waals surface area contributed by atoms with Gasteiger partial charge in [0.1, 0.15) is 29.3 Å². The molecule has 1 saturated heterocycles. The molecule has 2 unspecified atom stereocenters. The first-order valence-electron chi connectivity index (χ1n) is 24.1. The van der Waals surface area contributed by atoms with Crippen molar-refractivity contribution in [2.24, 2.45) is 7.05 Å². The highest BCUT2D eigenvalue weighted by molar-refractivity contribution is 6.31. The summed E-state index contributed by atoms with van der Waals surface area (Å²) in [5.74, 6) is -3.52. The molecule has 7 amide bonds. The highest BCUT2D eigenvalue weighted by Crippen LogP contribution is 2.44. The van der Waals surface area contributed by atoms with Gasteiger partial charge in [0.05, 0.1) is 47.8 Å². The Morgan fingerprint density at radius 3 is 2.32 bits per heavy atom. The molecule has 1 fully saturated rings. The van der Waals surface area contributed by atoms with Gasteiger partial charge in [-0.15, -0.1) is 5.10 Å². The maximum Gasteiger partial charge on any atom is 0.319 e. The van der Waals surface area contributed by atoms with E-state index in [-0.39, 0.29) is 70.3 Å². The number of piperidine rings is 1. The molecule has 2 atom stereocenters. The fourth-order valence-corrected chi connectivity index (χ4v) is 9.67. The molecule has 6 aromatic rings. The van der Waals surface area contributed by atoms with Crippen LogP contribution >= 0.6 is 23.2 Å². The van der Waals surface area contributed by atoms with E-state index in [0.29, 0.717) is 66.6 Å². The fourth-order valence-electron chi connectivity index (χ4n) is 9.30. The van der Waals surface area contributed by atoms with Gasteiger partial charge in [-0.3, -0.25) is 58.2 Å². The quantitative estimate of drug-likeness (QED) is 0.0685. The number of imide groups is 2. The molecule has 0 bridgehead atoms. The molecule has 26 heteroatoms. The molecule has 0 aliphatic carbocycles. The highest BCUT2D eigenvalue weighted by atomic mass is 35.5. The van der Waals surface area contributed by atoms with Gasteiger partial charge >= 0.3 is 6.01 Å². The topological polar surface area (TPSA) is 286 Å². The minimum Gasteiger partial charge on any atom is -0.483 e. The monoisotopic (exact) mass is 1080 g/mol. The normalized spacial score (nSPS) is 15.9. The minimum atomic E-state index is -1.13. The zero-order chi connectivity index (χ0) is 53.8. The largest absolute Gasteiger partial charge is 0.483 e. The Kier molecular flexibility index (Phi) is 15.5. The molecule has 0 radical (unpaired) electrons. The third-order valence-corrected chi connectivity index (χ3v) is 13.4. The summed E-state index contributed by atoms with van der Waals surface area (Å²) in [6.07, 6.45) is 7.69. The first kappa shape index (κ1) is 52.4. The van der Waals surface area contributed by atoms with Gasteiger partial charge in [0.2, 0.25) is 17.7 Å². The second-order valence-electron chi connectivity index (χ2n) is 17.8. The zero-order valence-corrected chi connectivity index (χ0v) is 42.7. The summed E-state index contributed by atoms with van der Waals surface area (Å²) < 4.78 is 21.2. The lowest BCUT2D eigenvalue weighted by Gasteiger charge is -2.27. The van der Waals surface area contributed by atoms with Crippen molar-refractivity contribution >= 4 is 70.2 Å². The van der Waals surface area contributed by atoms with Crippen molar-refractivity contribution in [3.63, 3.8) is 0 Å². The number of carbonyl (C=O) groups is 7. The Morgan fingerprint density at radius 1 is 0.816 bits per heavy atom. The Morgan fingerprint density at radius 2 is 1.58 bits per heavy atom. The van der Waals surface area contributed by atoms with E-state index in [1.807, 2.05) is 4.57 Å². The van der Waals surface area contributed by atoms with Gasteiger partial charge in [-0.2, -0.15) is 4.98 Å². The number of aryl methyl sites for hydroxylation is 2.